The van der Waals surface area contributed by atoms with E-state index in [9.17, 15) is 24.0 Å². The van der Waals surface area contributed by atoms with Gasteiger partial charge in [-0.05, 0) is 19.3 Å². The van der Waals surface area contributed by atoms with Gasteiger partial charge in [-0.15, -0.1) is 9.98 Å². The summed E-state index contributed by atoms with van der Waals surface area (Å²) < 4.78 is 4.76. The van der Waals surface area contributed by atoms with Crippen LogP contribution in [0.15, 0.2) is 20.0 Å². The molecule has 0 saturated carbocycles. The molecule has 0 spiro atoms. The molecule has 0 amide bonds. The highest BCUT2D eigenvalue weighted by Gasteiger charge is 2.31. The van der Waals surface area contributed by atoms with Gasteiger partial charge >= 0.3 is 11.8 Å². The maximum absolute atomic E-state index is 11.9. The van der Waals surface area contributed by atoms with Gasteiger partial charge in [0.15, 0.2) is 6.04 Å². The molecule has 0 aliphatic carbocycles. The molecule has 10 heteroatoms. The predicted molar refractivity (Wildman–Crippen MR) is 69.5 cm³/mol. The Labute approximate surface area is 124 Å². The Kier molecular flexibility index (Phi) is 9.27. The van der Waals surface area contributed by atoms with Crippen LogP contribution < -0.4 is 0 Å². The third-order valence-electron chi connectivity index (χ3n) is 2.34. The number of hydrogen-bond acceptors (Lipinski definition) is 10. The van der Waals surface area contributed by atoms with Crippen molar-refractivity contribution in [1.82, 2.24) is 0 Å². The van der Waals surface area contributed by atoms with Crippen molar-refractivity contribution in [2.45, 2.75) is 38.1 Å². The Hall–Kier alpha value is -3.01. The number of isocyanates is 4. The van der Waals surface area contributed by atoms with Gasteiger partial charge in [0.25, 0.3) is 0 Å². The van der Waals surface area contributed by atoms with Gasteiger partial charge < -0.3 is 4.74 Å². The van der Waals surface area contributed by atoms with Gasteiger partial charge in [0.05, 0.1) is 6.54 Å². The Morgan fingerprint density at radius 1 is 1.05 bits per heavy atom. The Morgan fingerprint density at radius 2 is 1.68 bits per heavy atom. The molecular weight excluding hydrogens is 296 g/mol. The van der Waals surface area contributed by atoms with E-state index >= 15 is 0 Å². The molecule has 0 rings (SSSR count). The minimum Gasteiger partial charge on any atom is -0.413 e. The summed E-state index contributed by atoms with van der Waals surface area (Å²) in [7, 11) is 0. The second-order valence-corrected chi connectivity index (χ2v) is 3.97. The largest absolute Gasteiger partial charge is 0.413 e. The normalized spacial score (nSPS) is 13.0. The van der Waals surface area contributed by atoms with Crippen molar-refractivity contribution < 1.29 is 28.7 Å². The number of nitrogens with zero attached hydrogens (tertiary/aromatic N) is 4. The third-order valence-corrected chi connectivity index (χ3v) is 2.34. The van der Waals surface area contributed by atoms with Gasteiger partial charge in [-0.3, -0.25) is 0 Å². The zero-order chi connectivity index (χ0) is 16.8. The number of rotatable bonds is 10. The highest BCUT2D eigenvalue weighted by molar-refractivity contribution is 5.77. The van der Waals surface area contributed by atoms with Crippen LogP contribution >= 0.6 is 0 Å². The summed E-state index contributed by atoms with van der Waals surface area (Å²) in [6.07, 6.45) is 5.76. The summed E-state index contributed by atoms with van der Waals surface area (Å²) in [6.45, 7) is 1.28. The molecule has 0 radical (unpaired) electrons. The standard InChI is InChI=1S/C12H12N4O6/c1-12(15-8-19,16-9-20)22-11(21)10(14-7-18)4-2-3-5-13-6-17/h10H,2-5H2,1H3. The molecule has 116 valence electrons. The van der Waals surface area contributed by atoms with Gasteiger partial charge in [0, 0.05) is 6.92 Å². The SMILES string of the molecule is CC(N=C=O)(N=C=O)OC(=O)C(CCCCN=C=O)N=C=O. The van der Waals surface area contributed by atoms with Gasteiger partial charge in [-0.2, -0.15) is 4.99 Å². The number of unbranched alkanes of at least 4 members (excludes halogenated alkanes) is 1. The van der Waals surface area contributed by atoms with Crippen LogP contribution in [0.1, 0.15) is 26.2 Å². The maximum atomic E-state index is 11.9. The van der Waals surface area contributed by atoms with Gasteiger partial charge in [0.2, 0.25) is 24.3 Å². The second kappa shape index (κ2) is 10.7. The van der Waals surface area contributed by atoms with Gasteiger partial charge in [-0.1, -0.05) is 0 Å². The quantitative estimate of drug-likeness (QED) is 0.242. The fourth-order valence-corrected chi connectivity index (χ4v) is 1.37. The number of carbonyl (C=O) groups excluding carboxylic acids is 5. The van der Waals surface area contributed by atoms with E-state index in [-0.39, 0.29) is 13.0 Å². The first-order valence-corrected chi connectivity index (χ1v) is 6.04. The van der Waals surface area contributed by atoms with Gasteiger partial charge in [0.1, 0.15) is 0 Å². The van der Waals surface area contributed by atoms with E-state index in [1.165, 1.54) is 12.2 Å². The molecule has 1 atom stereocenters. The zero-order valence-corrected chi connectivity index (χ0v) is 11.6. The fraction of sp³-hybridized carbons (Fsp3) is 0.583. The number of hydrogen-bond donors (Lipinski definition) is 0. The molecule has 22 heavy (non-hydrogen) atoms. The average molecular weight is 308 g/mol. The molecule has 1 unspecified atom stereocenters. The van der Waals surface area contributed by atoms with Crippen LogP contribution in [-0.2, 0) is 28.7 Å². The fourth-order valence-electron chi connectivity index (χ4n) is 1.37. The number of ether oxygens (including phenoxy) is 1. The molecule has 0 aromatic carbocycles. The monoisotopic (exact) mass is 308 g/mol. The highest BCUT2D eigenvalue weighted by atomic mass is 16.6. The van der Waals surface area contributed by atoms with Crippen LogP contribution in [0.4, 0.5) is 0 Å². The lowest BCUT2D eigenvalue weighted by Gasteiger charge is -2.19. The van der Waals surface area contributed by atoms with Gasteiger partial charge in [-0.25, -0.2) is 29.0 Å². The van der Waals surface area contributed by atoms with Crippen LogP contribution in [0.25, 0.3) is 0 Å². The van der Waals surface area contributed by atoms with E-state index < -0.39 is 17.9 Å². The maximum Gasteiger partial charge on any atom is 0.335 e. The average Bonchev–Trinajstić information content (AvgIpc) is 2.46. The molecule has 0 saturated heterocycles. The Morgan fingerprint density at radius 3 is 2.18 bits per heavy atom. The molecule has 0 aromatic rings. The Balaban J connectivity index is 4.83. The topological polar surface area (TPSA) is 144 Å². The molecule has 0 fully saturated rings. The van der Waals surface area contributed by atoms with Crippen LogP contribution in [0.2, 0.25) is 0 Å². The lowest BCUT2D eigenvalue weighted by molar-refractivity contribution is -0.158. The van der Waals surface area contributed by atoms with Crippen LogP contribution in [0.5, 0.6) is 0 Å². The van der Waals surface area contributed by atoms with Crippen molar-refractivity contribution >= 4 is 30.3 Å². The highest BCUT2D eigenvalue weighted by Crippen LogP contribution is 2.16. The molecule has 0 bridgehead atoms. The van der Waals surface area contributed by atoms with Crippen molar-refractivity contribution in [2.75, 3.05) is 6.54 Å². The van der Waals surface area contributed by atoms with E-state index in [2.05, 4.69) is 20.0 Å². The summed E-state index contributed by atoms with van der Waals surface area (Å²) in [5.74, 6) is -3.14. The Bertz CT molecular complexity index is 560. The summed E-state index contributed by atoms with van der Waals surface area (Å²) >= 11 is 0. The molecule has 0 heterocycles. The van der Waals surface area contributed by atoms with E-state index in [0.29, 0.717) is 12.8 Å². The molecule has 10 nitrogen and oxygen atoms in total. The van der Waals surface area contributed by atoms with Crippen molar-refractivity contribution in [2.24, 2.45) is 20.0 Å². The smallest absolute Gasteiger partial charge is 0.335 e. The van der Waals surface area contributed by atoms with Crippen molar-refractivity contribution in [3.63, 3.8) is 0 Å². The summed E-state index contributed by atoms with van der Waals surface area (Å²) in [5.41, 5.74) is 0. The minimum atomic E-state index is -2.11. The van der Waals surface area contributed by atoms with Crippen LogP contribution in [0, 0.1) is 0 Å². The number of aliphatic imine (C=N–C) groups is 4. The summed E-state index contributed by atoms with van der Waals surface area (Å²) in [6, 6.07) is -1.21. The lowest BCUT2D eigenvalue weighted by atomic mass is 10.1. The zero-order valence-electron chi connectivity index (χ0n) is 11.6. The van der Waals surface area contributed by atoms with Crippen molar-refractivity contribution in [1.29, 1.82) is 0 Å². The van der Waals surface area contributed by atoms with Crippen LogP contribution in [-0.4, -0.2) is 48.7 Å². The van der Waals surface area contributed by atoms with Crippen molar-refractivity contribution in [3.05, 3.63) is 0 Å². The summed E-state index contributed by atoms with van der Waals surface area (Å²) in [5, 5.41) is 0. The minimum absolute atomic E-state index is 0.105. The third kappa shape index (κ3) is 7.55. The number of carbonyl (C=O) groups is 1. The lowest BCUT2D eigenvalue weighted by Crippen LogP contribution is -2.33. The molecular formula is C12H12N4O6. The molecule has 0 N–H and O–H groups in total. The number of esters is 1. The molecule has 0 aliphatic rings. The van der Waals surface area contributed by atoms with E-state index in [0.717, 1.165) is 19.1 Å². The second-order valence-electron chi connectivity index (χ2n) is 3.97. The van der Waals surface area contributed by atoms with E-state index in [1.54, 1.807) is 0 Å². The van der Waals surface area contributed by atoms with E-state index in [1.807, 2.05) is 0 Å². The molecule has 0 aliphatic heterocycles. The summed E-state index contributed by atoms with van der Waals surface area (Å²) in [4.78, 5) is 65.3. The van der Waals surface area contributed by atoms with E-state index in [4.69, 9.17) is 4.74 Å². The first-order valence-electron chi connectivity index (χ1n) is 6.04. The van der Waals surface area contributed by atoms with Crippen LogP contribution in [0.3, 0.4) is 0 Å². The first-order chi connectivity index (χ1) is 10.5. The predicted octanol–water partition coefficient (Wildman–Crippen LogP) is 0.0854. The molecule has 0 aromatic heterocycles. The van der Waals surface area contributed by atoms with Crippen molar-refractivity contribution in [3.8, 4) is 0 Å². The first kappa shape index (κ1) is 19.0.